The van der Waals surface area contributed by atoms with Gasteiger partial charge < -0.3 is 9.38 Å². The molecule has 0 bridgehead atoms. The summed E-state index contributed by atoms with van der Waals surface area (Å²) < 4.78 is 8.42. The molecule has 5 heteroatoms. The van der Waals surface area contributed by atoms with Gasteiger partial charge in [-0.2, -0.15) is 0 Å². The summed E-state index contributed by atoms with van der Waals surface area (Å²) in [5, 5.41) is 6.86. The highest BCUT2D eigenvalue weighted by Gasteiger charge is 2.47. The number of unbranched alkanes of at least 4 members (excludes halogenated alkanes) is 2. The molecule has 3 aromatic heterocycles. The minimum absolute atomic E-state index is 0.0108. The second kappa shape index (κ2) is 14.4. The number of hydrogen-bond donors (Lipinski definition) is 0. The van der Waals surface area contributed by atoms with Crippen molar-refractivity contribution in [1.82, 2.24) is 4.48 Å². The van der Waals surface area contributed by atoms with Crippen LogP contribution in [-0.2, 0) is 23.7 Å². The number of aromatic nitrogens is 1. The van der Waals surface area contributed by atoms with E-state index in [-0.39, 0.29) is 17.7 Å². The van der Waals surface area contributed by atoms with Crippen LogP contribution in [0.4, 0.5) is 17.1 Å². The monoisotopic (exact) mass is 878 g/mol. The molecule has 2 nitrogen and oxygen atoms in total. The number of aryl methyl sites for hydroxylation is 2. The van der Waals surface area contributed by atoms with Crippen molar-refractivity contribution in [2.45, 2.75) is 104 Å². The molecule has 1 aliphatic carbocycles. The van der Waals surface area contributed by atoms with E-state index in [2.05, 4.69) is 190 Å². The second-order valence-corrected chi connectivity index (χ2v) is 22.9. The largest absolute Gasteiger partial charge is 0.375 e. The predicted molar refractivity (Wildman–Crippen MR) is 286 cm³/mol. The Hall–Kier alpha value is -5.62. The van der Waals surface area contributed by atoms with Gasteiger partial charge in [-0.25, -0.2) is 0 Å². The highest BCUT2D eigenvalue weighted by Crippen LogP contribution is 2.56. The molecule has 65 heavy (non-hydrogen) atoms. The fourth-order valence-electron chi connectivity index (χ4n) is 12.3. The van der Waals surface area contributed by atoms with E-state index < -0.39 is 0 Å². The predicted octanol–water partition coefficient (Wildman–Crippen LogP) is 16.5. The minimum atomic E-state index is 0.0108. The molecule has 2 aliphatic heterocycles. The van der Waals surface area contributed by atoms with E-state index in [4.69, 9.17) is 0 Å². The van der Waals surface area contributed by atoms with E-state index in [9.17, 15) is 0 Å². The summed E-state index contributed by atoms with van der Waals surface area (Å²) in [6.07, 6.45) is 9.29. The van der Waals surface area contributed by atoms with Gasteiger partial charge in [0.1, 0.15) is 0 Å². The van der Waals surface area contributed by atoms with Crippen molar-refractivity contribution in [3.8, 4) is 22.3 Å². The third-order valence-electron chi connectivity index (χ3n) is 15.8. The number of hydrogen-bond acceptors (Lipinski definition) is 3. The molecule has 10 aromatic rings. The third-order valence-corrected chi connectivity index (χ3v) is 18.1. The minimum Gasteiger partial charge on any atom is -0.375 e. The third kappa shape index (κ3) is 5.70. The van der Waals surface area contributed by atoms with Crippen molar-refractivity contribution in [3.05, 3.63) is 150 Å². The normalized spacial score (nSPS) is 15.7. The molecular weight excluding hydrogens is 824 g/mol. The first-order valence-corrected chi connectivity index (χ1v) is 25.9. The number of rotatable bonds is 8. The second-order valence-electron chi connectivity index (χ2n) is 20.7. The van der Waals surface area contributed by atoms with Gasteiger partial charge in [0.2, 0.25) is 0 Å². The first kappa shape index (κ1) is 39.7. The number of thiophene rings is 2. The SMILES string of the molecule is CCCCc1ccc(N2c3cc4c(sc5ccccc54)c4c3B(c3sc5cc6c(cc5c32)C(C)(C)CCC6(C)C)n2c3ccccc3c3cc(CCCC)cc-4c32)c(-c2ccccc2)c1. The van der Waals surface area contributed by atoms with Crippen LogP contribution in [0.3, 0.4) is 0 Å². The Balaban J connectivity index is 1.24. The first-order chi connectivity index (χ1) is 31.6. The summed E-state index contributed by atoms with van der Waals surface area (Å²) in [5.41, 5.74) is 19.6. The van der Waals surface area contributed by atoms with Gasteiger partial charge in [0, 0.05) is 79.2 Å². The summed E-state index contributed by atoms with van der Waals surface area (Å²) in [7, 11) is 0. The van der Waals surface area contributed by atoms with E-state index in [1.165, 1.54) is 162 Å². The van der Waals surface area contributed by atoms with Crippen molar-refractivity contribution in [2.75, 3.05) is 4.90 Å². The molecule has 0 amide bonds. The maximum Gasteiger partial charge on any atom is 0.343 e. The number of fused-ring (bicyclic) bond motifs is 14. The number of nitrogens with zero attached hydrogens (tertiary/aromatic N) is 2. The van der Waals surface area contributed by atoms with Crippen molar-refractivity contribution in [1.29, 1.82) is 0 Å². The molecule has 0 unspecified atom stereocenters. The smallest absolute Gasteiger partial charge is 0.343 e. The van der Waals surface area contributed by atoms with Gasteiger partial charge >= 0.3 is 6.85 Å². The lowest BCUT2D eigenvalue weighted by atomic mass is 9.48. The molecule has 0 radical (unpaired) electrons. The fourth-order valence-corrected chi connectivity index (χ4v) is 14.8. The van der Waals surface area contributed by atoms with Crippen molar-refractivity contribution in [2.24, 2.45) is 0 Å². The Labute approximate surface area is 391 Å². The number of para-hydroxylation sites is 1. The van der Waals surface area contributed by atoms with Crippen LogP contribution in [-0.4, -0.2) is 11.3 Å². The standard InChI is InChI=1S/C60H55BN2S2/c1-7-9-18-36-26-27-48(41(30-36)38-20-12-11-13-21-38)62-50-34-43-40-23-15-17-25-51(40)64-57(43)53-45-32-37(19-10-8-2)31-42-39-22-14-16-24-49(39)63(55(42)45)61(54(50)53)58-56(62)44-33-46-47(35-52(44)65-58)60(5,6)29-28-59(46,3)4/h11-17,20-27,30-35H,7-10,18-19,28-29H2,1-6H3. The van der Waals surface area contributed by atoms with Crippen LogP contribution in [0.15, 0.2) is 127 Å². The molecule has 3 aliphatic rings. The van der Waals surface area contributed by atoms with E-state index in [0.29, 0.717) is 0 Å². The Bertz CT molecular complexity index is 3600. The molecule has 0 atom stereocenters. The summed E-state index contributed by atoms with van der Waals surface area (Å²) >= 11 is 4.06. The van der Waals surface area contributed by atoms with Gasteiger partial charge in [-0.1, -0.05) is 127 Å². The van der Waals surface area contributed by atoms with Gasteiger partial charge in [0.15, 0.2) is 0 Å². The Morgan fingerprint density at radius 1 is 0.569 bits per heavy atom. The average Bonchev–Trinajstić information content (AvgIpc) is 4.00. The van der Waals surface area contributed by atoms with Crippen LogP contribution in [0, 0.1) is 0 Å². The molecule has 0 saturated carbocycles. The van der Waals surface area contributed by atoms with Crippen molar-refractivity contribution >= 4 is 109 Å². The van der Waals surface area contributed by atoms with Gasteiger partial charge in [-0.15, -0.1) is 22.7 Å². The Morgan fingerprint density at radius 2 is 1.26 bits per heavy atom. The fraction of sp³-hybridized carbons (Fsp3) is 0.267. The van der Waals surface area contributed by atoms with Crippen molar-refractivity contribution < 1.29 is 0 Å². The van der Waals surface area contributed by atoms with Crippen LogP contribution >= 0.6 is 22.7 Å². The first-order valence-electron chi connectivity index (χ1n) is 24.3. The van der Waals surface area contributed by atoms with E-state index in [1.54, 1.807) is 0 Å². The maximum atomic E-state index is 2.79. The molecular formula is C60H55BN2S2. The van der Waals surface area contributed by atoms with E-state index >= 15 is 0 Å². The Morgan fingerprint density at radius 3 is 2.05 bits per heavy atom. The van der Waals surface area contributed by atoms with Gasteiger partial charge in [0.25, 0.3) is 0 Å². The highest BCUT2D eigenvalue weighted by atomic mass is 32.1. The zero-order valence-electron chi connectivity index (χ0n) is 38.6. The van der Waals surface area contributed by atoms with Crippen LogP contribution in [0.1, 0.15) is 102 Å². The number of benzene rings is 7. The molecule has 0 spiro atoms. The van der Waals surface area contributed by atoms with Crippen LogP contribution in [0.5, 0.6) is 0 Å². The molecule has 0 fully saturated rings. The van der Waals surface area contributed by atoms with Gasteiger partial charge in [0.05, 0.1) is 11.4 Å². The molecule has 320 valence electrons. The topological polar surface area (TPSA) is 8.17 Å². The maximum absolute atomic E-state index is 2.79. The zero-order chi connectivity index (χ0) is 43.9. The summed E-state index contributed by atoms with van der Waals surface area (Å²) in [5.74, 6) is 0. The van der Waals surface area contributed by atoms with Crippen LogP contribution in [0.2, 0.25) is 0 Å². The quantitative estimate of drug-likeness (QED) is 0.138. The number of anilines is 3. The van der Waals surface area contributed by atoms with Crippen LogP contribution in [0.25, 0.3) is 74.3 Å². The highest BCUT2D eigenvalue weighted by molar-refractivity contribution is 7.32. The van der Waals surface area contributed by atoms with E-state index in [1.807, 2.05) is 11.3 Å². The Kier molecular flexibility index (Phi) is 8.83. The lowest BCUT2D eigenvalue weighted by Crippen LogP contribution is -2.55. The zero-order valence-corrected chi connectivity index (χ0v) is 40.2. The molecule has 7 aromatic carbocycles. The molecule has 0 saturated heterocycles. The summed E-state index contributed by atoms with van der Waals surface area (Å²) in [6, 6.07) is 50.2. The van der Waals surface area contributed by atoms with Crippen LogP contribution < -0.4 is 15.1 Å². The van der Waals surface area contributed by atoms with Gasteiger partial charge in [-0.3, -0.25) is 0 Å². The average molecular weight is 879 g/mol. The molecule has 13 rings (SSSR count). The van der Waals surface area contributed by atoms with Crippen molar-refractivity contribution in [3.63, 3.8) is 0 Å². The lowest BCUT2D eigenvalue weighted by molar-refractivity contribution is 0.332. The summed E-state index contributed by atoms with van der Waals surface area (Å²) in [4.78, 5) is 2.77. The van der Waals surface area contributed by atoms with Gasteiger partial charge in [-0.05, 0) is 137 Å². The van der Waals surface area contributed by atoms with E-state index in [0.717, 1.165) is 12.8 Å². The summed E-state index contributed by atoms with van der Waals surface area (Å²) in [6.45, 7) is 14.6. The molecule has 0 N–H and O–H groups in total. The lowest BCUT2D eigenvalue weighted by Gasteiger charge is -2.42. The molecule has 5 heterocycles.